The molecule has 2 heterocycles. The van der Waals surface area contributed by atoms with E-state index in [9.17, 15) is 4.79 Å². The summed E-state index contributed by atoms with van der Waals surface area (Å²) in [5.41, 5.74) is 5.96. The maximum Gasteiger partial charge on any atom is 0.159 e. The van der Waals surface area contributed by atoms with Crippen LogP contribution >= 0.6 is 11.3 Å². The van der Waals surface area contributed by atoms with Gasteiger partial charge in [-0.3, -0.25) is 4.79 Å². The minimum absolute atomic E-state index is 0.0797. The highest BCUT2D eigenvalue weighted by Crippen LogP contribution is 2.31. The lowest BCUT2D eigenvalue weighted by Gasteiger charge is -2.04. The number of H-pyrrole nitrogens is 1. The predicted molar refractivity (Wildman–Crippen MR) is 207 cm³/mol. The first-order valence-electron chi connectivity index (χ1n) is 17.3. The fourth-order valence-electron chi connectivity index (χ4n) is 3.28. The molecule has 0 aromatic carbocycles. The number of carbonyl (C=O) groups is 2. The van der Waals surface area contributed by atoms with Gasteiger partial charge in [-0.15, -0.1) is 11.3 Å². The number of rotatable bonds is 12. The molecule has 0 amide bonds. The molecule has 0 radical (unpaired) electrons. The third kappa shape index (κ3) is 26.2. The smallest absolute Gasteiger partial charge is 0.159 e. The molecular weight excluding hydrogens is 573 g/mol. The van der Waals surface area contributed by atoms with E-state index < -0.39 is 0 Å². The van der Waals surface area contributed by atoms with Gasteiger partial charge in [0, 0.05) is 34.0 Å². The lowest BCUT2D eigenvalue weighted by Crippen LogP contribution is -1.94. The fourth-order valence-corrected chi connectivity index (χ4v) is 4.08. The van der Waals surface area contributed by atoms with Crippen LogP contribution < -0.4 is 0 Å². The second kappa shape index (κ2) is 35.7. The summed E-state index contributed by atoms with van der Waals surface area (Å²) in [6.45, 7) is 32.3. The Hall–Kier alpha value is -2.79. The van der Waals surface area contributed by atoms with Gasteiger partial charge in [0.05, 0.1) is 5.69 Å². The SMILES string of the molecule is C=C/C=C\c1c(-c2csc(/C(C)=C/C(=C\CC)C(C)=O)n2)c[nH]c1C.CC.CC=O.CCC.CCCC.CCCCC(C)CC. The van der Waals surface area contributed by atoms with Crippen molar-refractivity contribution in [1.29, 1.82) is 0 Å². The molecule has 0 aliphatic carbocycles. The molecule has 45 heavy (non-hydrogen) atoms. The molecule has 5 heteroatoms. The lowest BCUT2D eigenvalue weighted by molar-refractivity contribution is -0.113. The van der Waals surface area contributed by atoms with E-state index in [1.54, 1.807) is 24.3 Å². The van der Waals surface area contributed by atoms with Crippen molar-refractivity contribution in [3.05, 3.63) is 64.3 Å². The number of ketones is 1. The van der Waals surface area contributed by atoms with Crippen molar-refractivity contribution in [2.45, 2.75) is 148 Å². The molecule has 0 saturated carbocycles. The van der Waals surface area contributed by atoms with Crippen LogP contribution in [0.15, 0.2) is 48.0 Å². The van der Waals surface area contributed by atoms with Gasteiger partial charge in [0.15, 0.2) is 5.78 Å². The van der Waals surface area contributed by atoms with E-state index in [-0.39, 0.29) is 5.78 Å². The number of aryl methyl sites for hydroxylation is 1. The van der Waals surface area contributed by atoms with Crippen molar-refractivity contribution >= 4 is 35.1 Å². The number of unbranched alkanes of at least 4 members (excludes halogenated alkanes) is 2. The number of aromatic amines is 1. The molecule has 1 unspecified atom stereocenters. The zero-order valence-corrected chi connectivity index (χ0v) is 32.5. The van der Waals surface area contributed by atoms with Crippen LogP contribution in [0.1, 0.15) is 158 Å². The zero-order valence-electron chi connectivity index (χ0n) is 31.7. The van der Waals surface area contributed by atoms with E-state index >= 15 is 0 Å². The van der Waals surface area contributed by atoms with E-state index in [1.165, 1.54) is 51.9 Å². The van der Waals surface area contributed by atoms with Crippen molar-refractivity contribution in [3.63, 3.8) is 0 Å². The summed E-state index contributed by atoms with van der Waals surface area (Å²) in [4.78, 5) is 28.6. The third-order valence-corrected chi connectivity index (χ3v) is 7.07. The van der Waals surface area contributed by atoms with Crippen LogP contribution in [-0.4, -0.2) is 22.0 Å². The van der Waals surface area contributed by atoms with Gasteiger partial charge in [0.25, 0.3) is 0 Å². The highest BCUT2D eigenvalue weighted by atomic mass is 32.1. The molecule has 2 rings (SSSR count). The zero-order chi connectivity index (χ0) is 35.6. The van der Waals surface area contributed by atoms with E-state index in [2.05, 4.69) is 65.4 Å². The molecule has 1 atom stereocenters. The molecule has 0 fully saturated rings. The Bertz CT molecular complexity index is 1070. The lowest BCUT2D eigenvalue weighted by atomic mass is 10.0. The molecule has 0 spiro atoms. The first-order chi connectivity index (χ1) is 21.5. The topological polar surface area (TPSA) is 62.8 Å². The molecule has 0 aliphatic rings. The molecule has 2 aromatic heterocycles. The third-order valence-electron chi connectivity index (χ3n) is 6.09. The molecular formula is C40H70N2O2S. The van der Waals surface area contributed by atoms with E-state index in [1.807, 2.05) is 65.1 Å². The number of aromatic nitrogens is 2. The number of hydrogen-bond acceptors (Lipinski definition) is 4. The normalized spacial score (nSPS) is 11.1. The summed E-state index contributed by atoms with van der Waals surface area (Å²) < 4.78 is 0. The molecule has 0 bridgehead atoms. The van der Waals surface area contributed by atoms with Gasteiger partial charge in [-0.1, -0.05) is 145 Å². The maximum atomic E-state index is 11.7. The quantitative estimate of drug-likeness (QED) is 0.142. The van der Waals surface area contributed by atoms with Gasteiger partial charge in [-0.25, -0.2) is 4.98 Å². The van der Waals surface area contributed by atoms with Gasteiger partial charge in [0.2, 0.25) is 0 Å². The van der Waals surface area contributed by atoms with Crippen LogP contribution in [0.4, 0.5) is 0 Å². The van der Waals surface area contributed by atoms with Gasteiger partial charge in [-0.2, -0.15) is 0 Å². The summed E-state index contributed by atoms with van der Waals surface area (Å²) in [6.07, 6.45) is 22.6. The van der Waals surface area contributed by atoms with Crippen molar-refractivity contribution < 1.29 is 9.59 Å². The largest absolute Gasteiger partial charge is 0.364 e. The highest BCUT2D eigenvalue weighted by Gasteiger charge is 2.12. The second-order valence-electron chi connectivity index (χ2n) is 10.4. The first kappa shape index (κ1) is 49.1. The van der Waals surface area contributed by atoms with Crippen molar-refractivity contribution in [3.8, 4) is 11.3 Å². The number of allylic oxidation sites excluding steroid dienone is 6. The average molecular weight is 643 g/mol. The number of thiazole rings is 1. The van der Waals surface area contributed by atoms with Gasteiger partial charge >= 0.3 is 0 Å². The Morgan fingerprint density at radius 1 is 1.04 bits per heavy atom. The summed E-state index contributed by atoms with van der Waals surface area (Å²) in [5, 5.41) is 2.98. The first-order valence-corrected chi connectivity index (χ1v) is 18.1. The number of carbonyl (C=O) groups excluding carboxylic acids is 2. The Labute approximate surface area is 283 Å². The second-order valence-corrected chi connectivity index (χ2v) is 11.3. The van der Waals surface area contributed by atoms with Gasteiger partial charge in [0.1, 0.15) is 11.3 Å². The molecule has 2 aromatic rings. The number of nitrogens with one attached hydrogen (secondary N) is 1. The van der Waals surface area contributed by atoms with Gasteiger partial charge in [-0.05, 0) is 51.7 Å². The van der Waals surface area contributed by atoms with Crippen molar-refractivity contribution in [2.75, 3.05) is 0 Å². The molecule has 0 saturated heterocycles. The number of hydrogen-bond donors (Lipinski definition) is 1. The molecule has 4 nitrogen and oxygen atoms in total. The predicted octanol–water partition coefficient (Wildman–Crippen LogP) is 13.7. The van der Waals surface area contributed by atoms with Crippen LogP contribution in [0.5, 0.6) is 0 Å². The summed E-state index contributed by atoms with van der Waals surface area (Å²) in [7, 11) is 0. The van der Waals surface area contributed by atoms with Crippen LogP contribution in [0.2, 0.25) is 0 Å². The minimum atomic E-state index is 0.0797. The summed E-state index contributed by atoms with van der Waals surface area (Å²) >= 11 is 1.59. The van der Waals surface area contributed by atoms with Gasteiger partial charge < -0.3 is 9.78 Å². The van der Waals surface area contributed by atoms with Crippen LogP contribution in [0, 0.1) is 12.8 Å². The minimum Gasteiger partial charge on any atom is -0.364 e. The highest BCUT2D eigenvalue weighted by molar-refractivity contribution is 7.11. The average Bonchev–Trinajstić information content (AvgIpc) is 3.67. The van der Waals surface area contributed by atoms with Crippen LogP contribution in [-0.2, 0) is 9.59 Å². The van der Waals surface area contributed by atoms with Crippen LogP contribution in [0.25, 0.3) is 22.9 Å². The van der Waals surface area contributed by atoms with E-state index in [0.29, 0.717) is 0 Å². The summed E-state index contributed by atoms with van der Waals surface area (Å²) in [5.74, 6) is 1.03. The molecule has 1 N–H and O–H groups in total. The van der Waals surface area contributed by atoms with E-state index in [0.717, 1.165) is 57.3 Å². The van der Waals surface area contributed by atoms with Crippen LogP contribution in [0.3, 0.4) is 0 Å². The molecule has 0 aliphatic heterocycles. The standard InChI is InChI=1S/C21H24N2OS.C8H18.C4H10.C3H8.C2H4O.C2H6/c1-6-8-10-18-15(4)22-12-19(18)20-13-25-21(23-20)14(3)11-17(9-7-2)16(5)24;1-4-6-7-8(3)5-2;1-3-4-2;1-3-2;1-2-3;1-2/h6,8-13,22H,1,7H2,2-5H3;8H,4-7H2,1-3H3;3-4H2,1-2H3;3H2,1-2H3;2H,1H3;1-2H3/b10-8-,14-11+,17-9+;;;;;. The van der Waals surface area contributed by atoms with E-state index in [4.69, 9.17) is 9.78 Å². The number of Topliss-reactive ketones (excluding diaryl/α,β-unsaturated/α-hetero) is 1. The maximum absolute atomic E-state index is 11.7. The monoisotopic (exact) mass is 643 g/mol. The Kier molecular flexibility index (Phi) is 38.9. The van der Waals surface area contributed by atoms with Crippen molar-refractivity contribution in [2.24, 2.45) is 5.92 Å². The molecule has 258 valence electrons. The summed E-state index contributed by atoms with van der Waals surface area (Å²) in [6, 6.07) is 0. The number of aldehydes is 1. The Morgan fingerprint density at radius 3 is 2.02 bits per heavy atom. The Morgan fingerprint density at radius 2 is 1.60 bits per heavy atom. The number of nitrogens with zero attached hydrogens (tertiary/aromatic N) is 1. The van der Waals surface area contributed by atoms with Crippen molar-refractivity contribution in [1.82, 2.24) is 9.97 Å². The fraction of sp³-hybridized carbons (Fsp3) is 0.575. The Balaban J connectivity index is -0.000000345.